The van der Waals surface area contributed by atoms with Crippen LogP contribution in [0.4, 0.5) is 19.1 Å². The SMILES string of the molecule is CCCC(=O)/C(=C\C(=C/N)C(F)(F)F)Nc1nc2ncc(O/C(C=N)=C3\C=NC(OC)=CN3)c(Cl)c2n1C. The van der Waals surface area contributed by atoms with Gasteiger partial charge in [0.2, 0.25) is 11.8 Å². The van der Waals surface area contributed by atoms with Gasteiger partial charge in [0.15, 0.2) is 22.9 Å². The number of nitrogens with two attached hydrogens (primary N) is 1. The number of allylic oxidation sites excluding steroid dienone is 5. The highest BCUT2D eigenvalue weighted by atomic mass is 35.5. The van der Waals surface area contributed by atoms with Crippen LogP contribution in [0.25, 0.3) is 11.2 Å². The fraction of sp³-hybridized carbons (Fsp3) is 0.261. The Morgan fingerprint density at radius 3 is 2.68 bits per heavy atom. The molecule has 15 heteroatoms. The summed E-state index contributed by atoms with van der Waals surface area (Å²) in [6.07, 6.45) is 1.74. The van der Waals surface area contributed by atoms with Crippen LogP contribution in [-0.4, -0.2) is 46.0 Å². The zero-order valence-corrected chi connectivity index (χ0v) is 21.2. The Morgan fingerprint density at radius 1 is 1.39 bits per heavy atom. The van der Waals surface area contributed by atoms with E-state index < -0.39 is 17.5 Å². The number of halogens is 4. The zero-order chi connectivity index (χ0) is 28.0. The molecule has 3 rings (SSSR count). The third-order valence-electron chi connectivity index (χ3n) is 5.13. The Balaban J connectivity index is 2.00. The molecule has 0 aliphatic carbocycles. The molecule has 0 radical (unpaired) electrons. The number of rotatable bonds is 10. The first-order valence-corrected chi connectivity index (χ1v) is 11.4. The van der Waals surface area contributed by atoms with Gasteiger partial charge in [0, 0.05) is 19.7 Å². The molecule has 0 spiro atoms. The summed E-state index contributed by atoms with van der Waals surface area (Å²) in [5.41, 5.74) is 4.35. The molecule has 0 aromatic carbocycles. The molecule has 1 aliphatic rings. The molecule has 11 nitrogen and oxygen atoms in total. The minimum Gasteiger partial charge on any atom is -0.480 e. The molecule has 0 atom stereocenters. The highest BCUT2D eigenvalue weighted by Crippen LogP contribution is 2.34. The van der Waals surface area contributed by atoms with Crippen molar-refractivity contribution in [1.82, 2.24) is 19.9 Å². The first-order valence-electron chi connectivity index (χ1n) is 11.0. The Labute approximate surface area is 220 Å². The number of hydrogen-bond acceptors (Lipinski definition) is 10. The molecular weight excluding hydrogens is 529 g/mol. The normalized spacial score (nSPS) is 15.6. The first kappa shape index (κ1) is 28.2. The van der Waals surface area contributed by atoms with Gasteiger partial charge in [0.25, 0.3) is 0 Å². The van der Waals surface area contributed by atoms with Gasteiger partial charge in [-0.3, -0.25) is 4.79 Å². The smallest absolute Gasteiger partial charge is 0.417 e. The number of alkyl halides is 3. The van der Waals surface area contributed by atoms with Gasteiger partial charge in [-0.2, -0.15) is 18.2 Å². The molecule has 3 heterocycles. The van der Waals surface area contributed by atoms with Crippen LogP contribution in [0.15, 0.2) is 58.3 Å². The van der Waals surface area contributed by atoms with Gasteiger partial charge in [0.1, 0.15) is 16.2 Å². The van der Waals surface area contributed by atoms with E-state index in [9.17, 15) is 18.0 Å². The van der Waals surface area contributed by atoms with E-state index in [0.717, 1.165) is 6.21 Å². The molecule has 38 heavy (non-hydrogen) atoms. The number of ether oxygens (including phenoxy) is 2. The summed E-state index contributed by atoms with van der Waals surface area (Å²) >= 11 is 6.57. The fourth-order valence-corrected chi connectivity index (χ4v) is 3.51. The maximum absolute atomic E-state index is 13.3. The van der Waals surface area contributed by atoms with E-state index in [1.807, 2.05) is 0 Å². The predicted molar refractivity (Wildman–Crippen MR) is 137 cm³/mol. The molecule has 0 bridgehead atoms. The number of pyridine rings is 1. The predicted octanol–water partition coefficient (Wildman–Crippen LogP) is 4.05. The molecule has 0 unspecified atom stereocenters. The number of hydrogen-bond donors (Lipinski definition) is 4. The standard InChI is InChI=1S/C23H24ClF3N8O3/c1-4-5-15(36)13(6-12(7-28)23(25,26)27)33-22-34-21-20(35(22)2)19(24)17(10-32-21)38-16(8-29)14-9-31-18(37-3)11-30-14/h6-11,29-30H,4-5,28H2,1-3H3,(H,32,33,34)/b12-7+,13-6+,16-14+,29-8?. The average molecular weight is 553 g/mol. The highest BCUT2D eigenvalue weighted by Gasteiger charge is 2.33. The number of Topliss-reactive ketones (excluding diaryl/α,β-unsaturated/α-hetero) is 1. The number of nitrogens with one attached hydrogen (secondary N) is 3. The number of ketones is 1. The van der Waals surface area contributed by atoms with Crippen molar-refractivity contribution in [3.63, 3.8) is 0 Å². The molecule has 0 saturated carbocycles. The van der Waals surface area contributed by atoms with E-state index in [4.69, 9.17) is 32.2 Å². The van der Waals surface area contributed by atoms with Crippen molar-refractivity contribution in [2.75, 3.05) is 12.4 Å². The van der Waals surface area contributed by atoms with E-state index >= 15 is 0 Å². The summed E-state index contributed by atoms with van der Waals surface area (Å²) in [4.78, 5) is 25.1. The number of carbonyl (C=O) groups excluding carboxylic acids is 1. The molecule has 2 aromatic rings. The second-order valence-electron chi connectivity index (χ2n) is 7.69. The topological polar surface area (TPSA) is 153 Å². The van der Waals surface area contributed by atoms with Crippen molar-refractivity contribution in [2.24, 2.45) is 17.8 Å². The summed E-state index contributed by atoms with van der Waals surface area (Å²) in [7, 11) is 2.98. The molecule has 5 N–H and O–H groups in total. The van der Waals surface area contributed by atoms with Crippen LogP contribution in [0.5, 0.6) is 5.75 Å². The lowest BCUT2D eigenvalue weighted by Crippen LogP contribution is -2.18. The Morgan fingerprint density at radius 2 is 2.13 bits per heavy atom. The second-order valence-corrected chi connectivity index (χ2v) is 8.07. The van der Waals surface area contributed by atoms with Crippen LogP contribution < -0.4 is 21.1 Å². The summed E-state index contributed by atoms with van der Waals surface area (Å²) in [6.45, 7) is 1.72. The summed E-state index contributed by atoms with van der Waals surface area (Å²) in [6, 6.07) is 0. The number of fused-ring (bicyclic) bond motifs is 1. The summed E-state index contributed by atoms with van der Waals surface area (Å²) in [5.74, 6) is -0.109. The number of imidazole rings is 1. The number of nitrogens with zero attached hydrogens (tertiary/aromatic N) is 4. The average Bonchev–Trinajstić information content (AvgIpc) is 3.21. The molecule has 202 valence electrons. The lowest BCUT2D eigenvalue weighted by atomic mass is 10.1. The van der Waals surface area contributed by atoms with E-state index in [1.165, 1.54) is 37.3 Å². The lowest BCUT2D eigenvalue weighted by Gasteiger charge is -2.14. The summed E-state index contributed by atoms with van der Waals surface area (Å²) in [5, 5.41) is 13.3. The highest BCUT2D eigenvalue weighted by molar-refractivity contribution is 6.36. The van der Waals surface area contributed by atoms with E-state index in [-0.39, 0.29) is 45.8 Å². The Bertz CT molecular complexity index is 1410. The molecule has 1 aliphatic heterocycles. The number of aromatic nitrogens is 3. The number of methoxy groups -OCH3 is 1. The minimum atomic E-state index is -4.77. The molecule has 2 aromatic heterocycles. The summed E-state index contributed by atoms with van der Waals surface area (Å²) < 4.78 is 52.0. The third kappa shape index (κ3) is 6.14. The van der Waals surface area contributed by atoms with E-state index in [2.05, 4.69) is 25.6 Å². The number of anilines is 1. The number of carbonyl (C=O) groups is 1. The van der Waals surface area contributed by atoms with Gasteiger partial charge in [0.05, 0.1) is 43.2 Å². The van der Waals surface area contributed by atoms with Gasteiger partial charge in [-0.05, 0) is 12.5 Å². The molecular formula is C23H24ClF3N8O3. The zero-order valence-electron chi connectivity index (χ0n) is 20.5. The van der Waals surface area contributed by atoms with Crippen LogP contribution in [0.1, 0.15) is 19.8 Å². The van der Waals surface area contributed by atoms with Gasteiger partial charge in [-0.25, -0.2) is 9.98 Å². The second kappa shape index (κ2) is 11.8. The van der Waals surface area contributed by atoms with Crippen molar-refractivity contribution < 1.29 is 27.4 Å². The van der Waals surface area contributed by atoms with Gasteiger partial charge in [-0.15, -0.1) is 0 Å². The van der Waals surface area contributed by atoms with Crippen molar-refractivity contribution in [3.8, 4) is 5.75 Å². The maximum atomic E-state index is 13.3. The van der Waals surface area contributed by atoms with Crippen molar-refractivity contribution in [2.45, 2.75) is 25.9 Å². The number of aliphatic imine (C=N–C) groups is 1. The van der Waals surface area contributed by atoms with Crippen LogP contribution >= 0.6 is 11.6 Å². The Kier molecular flexibility index (Phi) is 8.78. The van der Waals surface area contributed by atoms with Crippen LogP contribution in [0.3, 0.4) is 0 Å². The molecule has 0 saturated heterocycles. The van der Waals surface area contributed by atoms with Gasteiger partial charge < -0.3 is 35.8 Å². The third-order valence-corrected chi connectivity index (χ3v) is 5.50. The van der Waals surface area contributed by atoms with Crippen molar-refractivity contribution in [3.05, 3.63) is 58.3 Å². The van der Waals surface area contributed by atoms with Crippen molar-refractivity contribution >= 4 is 46.9 Å². The van der Waals surface area contributed by atoms with E-state index in [1.54, 1.807) is 6.92 Å². The van der Waals surface area contributed by atoms with Crippen LogP contribution in [0.2, 0.25) is 5.02 Å². The largest absolute Gasteiger partial charge is 0.480 e. The Hall–Kier alpha value is -4.33. The van der Waals surface area contributed by atoms with Crippen molar-refractivity contribution in [1.29, 1.82) is 5.41 Å². The quantitative estimate of drug-likeness (QED) is 0.149. The fourth-order valence-electron chi connectivity index (χ4n) is 3.21. The van der Waals surface area contributed by atoms with Crippen LogP contribution in [-0.2, 0) is 16.6 Å². The van der Waals surface area contributed by atoms with Gasteiger partial charge in [-0.1, -0.05) is 18.5 Å². The first-order chi connectivity index (χ1) is 18.0. The van der Waals surface area contributed by atoms with E-state index in [0.29, 0.717) is 30.3 Å². The molecule has 0 fully saturated rings. The lowest BCUT2D eigenvalue weighted by molar-refractivity contribution is -0.115. The van der Waals surface area contributed by atoms with Crippen LogP contribution in [0, 0.1) is 5.41 Å². The molecule has 0 amide bonds. The monoisotopic (exact) mass is 552 g/mol. The van der Waals surface area contributed by atoms with Gasteiger partial charge >= 0.3 is 6.18 Å². The maximum Gasteiger partial charge on any atom is 0.417 e. The number of aryl methyl sites for hydroxylation is 1. The minimum absolute atomic E-state index is 0.00439.